The average Bonchev–Trinajstić information content (AvgIpc) is 1.86. The van der Waals surface area contributed by atoms with Crippen molar-refractivity contribution >= 4 is 11.3 Å². The monoisotopic (exact) mass is 290 g/mol. The number of thiophene rings is 1. The van der Waals surface area contributed by atoms with Crippen molar-refractivity contribution in [2.45, 2.75) is 6.92 Å². The van der Waals surface area contributed by atoms with Gasteiger partial charge in [-0.1, -0.05) is 0 Å². The van der Waals surface area contributed by atoms with E-state index in [9.17, 15) is 0 Å². The molecule has 0 aromatic carbocycles. The van der Waals surface area contributed by atoms with Crippen LogP contribution in [0.4, 0.5) is 0 Å². The second kappa shape index (κ2) is 3.36. The fraction of sp³-hybridized carbons (Fsp3) is 0.200. The third kappa shape index (κ3) is 2.22. The minimum atomic E-state index is 0. The Labute approximate surface area is 60.9 Å². The minimum Gasteiger partial charge on any atom is -0.270 e. The average molecular weight is 289 g/mol. The summed E-state index contributed by atoms with van der Waals surface area (Å²) in [6, 6.07) is 4.95. The third-order valence-electron chi connectivity index (χ3n) is 0.599. The molecule has 1 rings (SSSR count). The zero-order valence-electron chi connectivity index (χ0n) is 3.90. The normalized spacial score (nSPS) is 7.57. The fourth-order valence-corrected chi connectivity index (χ4v) is 0.798. The fourth-order valence-electron chi connectivity index (χ4n) is 0.321. The van der Waals surface area contributed by atoms with E-state index in [0.717, 1.165) is 0 Å². The van der Waals surface area contributed by atoms with E-state index in [-0.39, 0.29) is 20.1 Å². The maximum Gasteiger partial charge on any atom is 0 e. The van der Waals surface area contributed by atoms with Gasteiger partial charge in [-0.3, -0.25) is 11.3 Å². The topological polar surface area (TPSA) is 0 Å². The summed E-state index contributed by atoms with van der Waals surface area (Å²) in [7, 11) is 0. The Bertz CT molecular complexity index is 112. The summed E-state index contributed by atoms with van der Waals surface area (Å²) in [4.78, 5) is 1.26. The van der Waals surface area contributed by atoms with E-state index in [2.05, 4.69) is 6.07 Å². The molecule has 0 aliphatic carbocycles. The van der Waals surface area contributed by atoms with Gasteiger partial charge >= 0.3 is 0 Å². The molecule has 1 aromatic rings. The first kappa shape index (κ1) is 7.35. The largest absolute Gasteiger partial charge is 0.270 e. The Hall–Kier alpha value is 0.349. The number of hydrogen-bond donors (Lipinski definition) is 0. The van der Waals surface area contributed by atoms with Gasteiger partial charge in [-0.05, 0) is 6.92 Å². The third-order valence-corrected chi connectivity index (χ3v) is 1.34. The van der Waals surface area contributed by atoms with Gasteiger partial charge in [0.15, 0.2) is 0 Å². The molecule has 0 bridgehead atoms. The van der Waals surface area contributed by atoms with Gasteiger partial charge in [-0.2, -0.15) is 5.38 Å². The molecule has 0 aliphatic rings. The molecule has 0 atom stereocenters. The molecule has 0 aliphatic heterocycles. The molecule has 0 saturated heterocycles. The number of hydrogen-bond acceptors (Lipinski definition) is 1. The van der Waals surface area contributed by atoms with Crippen LogP contribution in [-0.2, 0) is 20.1 Å². The Morgan fingerprint density at radius 3 is 2.57 bits per heavy atom. The van der Waals surface area contributed by atoms with Crippen molar-refractivity contribution in [1.82, 2.24) is 0 Å². The van der Waals surface area contributed by atoms with Gasteiger partial charge in [0, 0.05) is 20.1 Å². The van der Waals surface area contributed by atoms with Crippen molar-refractivity contribution in [3.8, 4) is 0 Å². The van der Waals surface area contributed by atoms with Gasteiger partial charge in [-0.25, -0.2) is 12.1 Å². The molecule has 1 aromatic heterocycles. The van der Waals surface area contributed by atoms with Gasteiger partial charge in [-0.15, -0.1) is 4.88 Å². The quantitative estimate of drug-likeness (QED) is 0.640. The Morgan fingerprint density at radius 1 is 1.71 bits per heavy atom. The molecule has 2 heteroatoms. The van der Waals surface area contributed by atoms with Gasteiger partial charge in [0.25, 0.3) is 0 Å². The summed E-state index contributed by atoms with van der Waals surface area (Å²) in [5.74, 6) is 0. The van der Waals surface area contributed by atoms with Crippen LogP contribution in [0.5, 0.6) is 0 Å². The van der Waals surface area contributed by atoms with Crippen LogP contribution in [0.2, 0.25) is 0 Å². The zero-order valence-corrected chi connectivity index (χ0v) is 7.11. The van der Waals surface area contributed by atoms with E-state index in [0.29, 0.717) is 0 Å². The van der Waals surface area contributed by atoms with Crippen LogP contribution in [0.3, 0.4) is 0 Å². The van der Waals surface area contributed by atoms with Crippen LogP contribution < -0.4 is 0 Å². The summed E-state index contributed by atoms with van der Waals surface area (Å²) in [5.41, 5.74) is 0. The summed E-state index contributed by atoms with van der Waals surface area (Å²) in [6.07, 6.45) is 0. The van der Waals surface area contributed by atoms with E-state index in [1.165, 1.54) is 4.88 Å². The molecular formula is C5H5IrS-. The van der Waals surface area contributed by atoms with E-state index in [4.69, 9.17) is 0 Å². The number of rotatable bonds is 0. The second-order valence-corrected chi connectivity index (χ2v) is 2.24. The van der Waals surface area contributed by atoms with Crippen molar-refractivity contribution in [3.05, 3.63) is 22.4 Å². The molecule has 0 nitrogen and oxygen atoms in total. The molecule has 1 radical (unpaired) electrons. The Morgan fingerprint density at radius 2 is 2.43 bits per heavy atom. The predicted molar refractivity (Wildman–Crippen MR) is 27.9 cm³/mol. The minimum absolute atomic E-state index is 0. The first-order valence-electron chi connectivity index (χ1n) is 1.81. The van der Waals surface area contributed by atoms with Crippen LogP contribution in [0.1, 0.15) is 4.88 Å². The van der Waals surface area contributed by atoms with Crippen molar-refractivity contribution in [2.75, 3.05) is 0 Å². The Balaban J connectivity index is 0.000000360. The second-order valence-electron chi connectivity index (χ2n) is 1.12. The molecule has 0 unspecified atom stereocenters. The van der Waals surface area contributed by atoms with Crippen LogP contribution in [0, 0.1) is 13.0 Å². The standard InChI is InChI=1S/C5H5S.Ir/c1-5-3-2-4-6-5;/h2,4H,1H3;/q-1;. The zero-order chi connectivity index (χ0) is 4.41. The van der Waals surface area contributed by atoms with Crippen LogP contribution in [-0.4, -0.2) is 0 Å². The maximum atomic E-state index is 3.02. The molecular weight excluding hydrogens is 284 g/mol. The van der Waals surface area contributed by atoms with Crippen LogP contribution in [0.25, 0.3) is 0 Å². The molecule has 0 saturated carbocycles. The molecule has 0 spiro atoms. The summed E-state index contributed by atoms with van der Waals surface area (Å²) < 4.78 is 0. The summed E-state index contributed by atoms with van der Waals surface area (Å²) in [6.45, 7) is 2.05. The van der Waals surface area contributed by atoms with Crippen molar-refractivity contribution in [1.29, 1.82) is 0 Å². The van der Waals surface area contributed by atoms with Crippen LogP contribution in [0.15, 0.2) is 11.4 Å². The first-order valence-corrected chi connectivity index (χ1v) is 2.69. The van der Waals surface area contributed by atoms with Gasteiger partial charge in [0.2, 0.25) is 0 Å². The molecule has 0 amide bonds. The van der Waals surface area contributed by atoms with Crippen molar-refractivity contribution in [3.63, 3.8) is 0 Å². The molecule has 7 heavy (non-hydrogen) atoms. The number of aryl methyl sites for hydroxylation is 1. The van der Waals surface area contributed by atoms with Gasteiger partial charge in [0.05, 0.1) is 0 Å². The van der Waals surface area contributed by atoms with Gasteiger partial charge < -0.3 is 0 Å². The molecule has 41 valence electrons. The van der Waals surface area contributed by atoms with E-state index in [1.54, 1.807) is 11.3 Å². The molecule has 0 fully saturated rings. The van der Waals surface area contributed by atoms with Gasteiger partial charge in [0.1, 0.15) is 0 Å². The maximum absolute atomic E-state index is 3.02. The predicted octanol–water partition coefficient (Wildman–Crippen LogP) is 1.85. The first-order chi connectivity index (χ1) is 2.89. The summed E-state index contributed by atoms with van der Waals surface area (Å²) >= 11 is 1.72. The van der Waals surface area contributed by atoms with E-state index in [1.807, 2.05) is 18.4 Å². The van der Waals surface area contributed by atoms with Crippen molar-refractivity contribution < 1.29 is 20.1 Å². The van der Waals surface area contributed by atoms with E-state index < -0.39 is 0 Å². The smallest absolute Gasteiger partial charge is 0 e. The molecule has 1 heterocycles. The van der Waals surface area contributed by atoms with E-state index >= 15 is 0 Å². The SMILES string of the molecule is Cc1[c-]ccs1.[Ir]. The van der Waals surface area contributed by atoms with Crippen LogP contribution >= 0.6 is 11.3 Å². The Kier molecular flexibility index (Phi) is 3.53. The summed E-state index contributed by atoms with van der Waals surface area (Å²) in [5, 5.41) is 2.02. The molecule has 0 N–H and O–H groups in total. The van der Waals surface area contributed by atoms with Crippen molar-refractivity contribution in [2.24, 2.45) is 0 Å².